The van der Waals surface area contributed by atoms with E-state index in [1.807, 2.05) is 31.7 Å². The summed E-state index contributed by atoms with van der Waals surface area (Å²) in [6.07, 6.45) is 0.616. The second kappa shape index (κ2) is 6.71. The zero-order valence-corrected chi connectivity index (χ0v) is 11.4. The van der Waals surface area contributed by atoms with E-state index in [0.717, 1.165) is 5.56 Å². The van der Waals surface area contributed by atoms with Crippen LogP contribution in [0.3, 0.4) is 0 Å². The van der Waals surface area contributed by atoms with Gasteiger partial charge in [0, 0.05) is 25.2 Å². The minimum absolute atomic E-state index is 0.102. The van der Waals surface area contributed by atoms with Gasteiger partial charge in [0.15, 0.2) is 0 Å². The Morgan fingerprint density at radius 3 is 2.50 bits per heavy atom. The lowest BCUT2D eigenvalue weighted by Crippen LogP contribution is -2.34. The second-order valence-corrected chi connectivity index (χ2v) is 4.83. The topological polar surface area (TPSA) is 49.5 Å². The van der Waals surface area contributed by atoms with Gasteiger partial charge in [-0.15, -0.1) is 0 Å². The van der Waals surface area contributed by atoms with Gasteiger partial charge in [-0.1, -0.05) is 12.1 Å². The largest absolute Gasteiger partial charge is 0.396 e. The fourth-order valence-corrected chi connectivity index (χ4v) is 2.07. The summed E-state index contributed by atoms with van der Waals surface area (Å²) in [4.78, 5) is 1.96. The maximum Gasteiger partial charge on any atom is 0.146 e. The molecule has 3 nitrogen and oxygen atoms in total. The summed E-state index contributed by atoms with van der Waals surface area (Å²) < 4.78 is 14.1. The molecule has 18 heavy (non-hydrogen) atoms. The fraction of sp³-hybridized carbons (Fsp3) is 0.571. The van der Waals surface area contributed by atoms with E-state index in [9.17, 15) is 4.39 Å². The Kier molecular flexibility index (Phi) is 5.56. The van der Waals surface area contributed by atoms with Crippen LogP contribution in [0.15, 0.2) is 18.2 Å². The number of aliphatic hydroxyl groups excluding tert-OH is 1. The molecule has 0 aromatic heterocycles. The molecule has 0 spiro atoms. The molecular weight excluding hydrogens is 231 g/mol. The molecule has 0 fully saturated rings. The molecule has 0 saturated heterocycles. The zero-order chi connectivity index (χ0) is 13.7. The van der Waals surface area contributed by atoms with Crippen LogP contribution in [0.25, 0.3) is 0 Å². The SMILES string of the molecule is CC(N)c1cccc(F)c1N(CCCO)C(C)C. The number of hydrogen-bond acceptors (Lipinski definition) is 3. The van der Waals surface area contributed by atoms with Crippen molar-refractivity contribution in [1.82, 2.24) is 0 Å². The van der Waals surface area contributed by atoms with Gasteiger partial charge in [-0.2, -0.15) is 0 Å². The average molecular weight is 254 g/mol. The van der Waals surface area contributed by atoms with Gasteiger partial charge in [-0.3, -0.25) is 0 Å². The van der Waals surface area contributed by atoms with E-state index >= 15 is 0 Å². The molecule has 1 aromatic rings. The highest BCUT2D eigenvalue weighted by molar-refractivity contribution is 5.56. The lowest BCUT2D eigenvalue weighted by atomic mass is 10.0. The van der Waals surface area contributed by atoms with E-state index in [-0.39, 0.29) is 24.5 Å². The molecule has 0 amide bonds. The molecule has 4 heteroatoms. The van der Waals surface area contributed by atoms with Crippen LogP contribution in [-0.2, 0) is 0 Å². The maximum absolute atomic E-state index is 14.1. The Labute approximate surface area is 108 Å². The lowest BCUT2D eigenvalue weighted by Gasteiger charge is -2.32. The molecule has 0 radical (unpaired) electrons. The molecule has 1 rings (SSSR count). The lowest BCUT2D eigenvalue weighted by molar-refractivity contribution is 0.288. The highest BCUT2D eigenvalue weighted by Gasteiger charge is 2.19. The van der Waals surface area contributed by atoms with Crippen LogP contribution in [0, 0.1) is 5.82 Å². The molecule has 0 aliphatic carbocycles. The van der Waals surface area contributed by atoms with Crippen LogP contribution >= 0.6 is 0 Å². The third kappa shape index (κ3) is 3.43. The first-order valence-corrected chi connectivity index (χ1v) is 6.40. The van der Waals surface area contributed by atoms with Crippen LogP contribution in [0.4, 0.5) is 10.1 Å². The zero-order valence-electron chi connectivity index (χ0n) is 11.4. The van der Waals surface area contributed by atoms with Crippen molar-refractivity contribution in [3.05, 3.63) is 29.6 Å². The number of rotatable bonds is 6. The molecule has 1 aromatic carbocycles. The minimum Gasteiger partial charge on any atom is -0.396 e. The predicted molar refractivity (Wildman–Crippen MR) is 73.2 cm³/mol. The van der Waals surface area contributed by atoms with Crippen molar-refractivity contribution in [2.24, 2.45) is 5.73 Å². The van der Waals surface area contributed by atoms with E-state index < -0.39 is 0 Å². The average Bonchev–Trinajstić information content (AvgIpc) is 2.30. The number of benzene rings is 1. The molecule has 0 heterocycles. The standard InChI is InChI=1S/C14H23FN2O/c1-10(2)17(8-5-9-18)14-12(11(3)16)6-4-7-13(14)15/h4,6-7,10-11,18H,5,8-9,16H2,1-3H3. The molecule has 102 valence electrons. The summed E-state index contributed by atoms with van der Waals surface area (Å²) in [6.45, 7) is 6.59. The van der Waals surface area contributed by atoms with E-state index in [2.05, 4.69) is 0 Å². The highest BCUT2D eigenvalue weighted by atomic mass is 19.1. The van der Waals surface area contributed by atoms with Crippen molar-refractivity contribution >= 4 is 5.69 Å². The van der Waals surface area contributed by atoms with Crippen LogP contribution < -0.4 is 10.6 Å². The summed E-state index contributed by atoms with van der Waals surface area (Å²) in [5, 5.41) is 8.95. The first-order valence-electron chi connectivity index (χ1n) is 6.40. The minimum atomic E-state index is -0.253. The smallest absolute Gasteiger partial charge is 0.146 e. The molecule has 1 unspecified atom stereocenters. The van der Waals surface area contributed by atoms with Crippen LogP contribution in [0.5, 0.6) is 0 Å². The summed E-state index contributed by atoms with van der Waals surface area (Å²) in [5.41, 5.74) is 7.28. The molecule has 0 aliphatic heterocycles. The molecule has 0 aliphatic rings. The summed E-state index contributed by atoms with van der Waals surface area (Å²) >= 11 is 0. The third-order valence-electron chi connectivity index (χ3n) is 2.98. The van der Waals surface area contributed by atoms with Gasteiger partial charge in [0.1, 0.15) is 5.82 Å². The van der Waals surface area contributed by atoms with Crippen molar-refractivity contribution in [3.63, 3.8) is 0 Å². The third-order valence-corrected chi connectivity index (χ3v) is 2.98. The van der Waals surface area contributed by atoms with Crippen LogP contribution in [-0.4, -0.2) is 24.3 Å². The number of nitrogens with two attached hydrogens (primary N) is 1. The quantitative estimate of drug-likeness (QED) is 0.819. The van der Waals surface area contributed by atoms with E-state index in [4.69, 9.17) is 10.8 Å². The van der Waals surface area contributed by atoms with Crippen LogP contribution in [0.1, 0.15) is 38.8 Å². The van der Waals surface area contributed by atoms with Gasteiger partial charge in [-0.05, 0) is 38.8 Å². The number of halogens is 1. The van der Waals surface area contributed by atoms with Gasteiger partial charge in [0.2, 0.25) is 0 Å². The Balaban J connectivity index is 3.17. The monoisotopic (exact) mass is 254 g/mol. The molecule has 3 N–H and O–H groups in total. The van der Waals surface area contributed by atoms with Gasteiger partial charge in [0.05, 0.1) is 5.69 Å². The Morgan fingerprint density at radius 1 is 1.33 bits per heavy atom. The van der Waals surface area contributed by atoms with Crippen molar-refractivity contribution < 1.29 is 9.50 Å². The van der Waals surface area contributed by atoms with E-state index in [1.165, 1.54) is 6.07 Å². The maximum atomic E-state index is 14.1. The molecular formula is C14H23FN2O. The van der Waals surface area contributed by atoms with Crippen molar-refractivity contribution in [2.45, 2.75) is 39.3 Å². The molecule has 1 atom stereocenters. The van der Waals surface area contributed by atoms with Gasteiger partial charge in [-0.25, -0.2) is 4.39 Å². The summed E-state index contributed by atoms with van der Waals surface area (Å²) in [5.74, 6) is -0.253. The number of aliphatic hydroxyl groups is 1. The van der Waals surface area contributed by atoms with Gasteiger partial charge < -0.3 is 15.7 Å². The van der Waals surface area contributed by atoms with Gasteiger partial charge >= 0.3 is 0 Å². The Morgan fingerprint density at radius 2 is 2.00 bits per heavy atom. The van der Waals surface area contributed by atoms with E-state index in [0.29, 0.717) is 18.7 Å². The van der Waals surface area contributed by atoms with Crippen molar-refractivity contribution in [2.75, 3.05) is 18.1 Å². The van der Waals surface area contributed by atoms with Crippen molar-refractivity contribution in [3.8, 4) is 0 Å². The predicted octanol–water partition coefficient (Wildman–Crippen LogP) is 2.44. The van der Waals surface area contributed by atoms with Gasteiger partial charge in [0.25, 0.3) is 0 Å². The molecule has 0 saturated carbocycles. The fourth-order valence-electron chi connectivity index (χ4n) is 2.07. The van der Waals surface area contributed by atoms with E-state index in [1.54, 1.807) is 6.07 Å². The summed E-state index contributed by atoms with van der Waals surface area (Å²) in [7, 11) is 0. The van der Waals surface area contributed by atoms with Crippen molar-refractivity contribution in [1.29, 1.82) is 0 Å². The second-order valence-electron chi connectivity index (χ2n) is 4.83. The number of nitrogens with zero attached hydrogens (tertiary/aromatic N) is 1. The Bertz CT molecular complexity index is 380. The summed E-state index contributed by atoms with van der Waals surface area (Å²) in [6, 6.07) is 4.94. The number of para-hydroxylation sites is 1. The molecule has 0 bridgehead atoms. The first-order chi connectivity index (χ1) is 8.49. The first kappa shape index (κ1) is 14.9. The normalized spacial score (nSPS) is 12.8. The van der Waals surface area contributed by atoms with Crippen LogP contribution in [0.2, 0.25) is 0 Å². The number of hydrogen-bond donors (Lipinski definition) is 2. The number of anilines is 1. The highest BCUT2D eigenvalue weighted by Crippen LogP contribution is 2.30. The Hall–Kier alpha value is -1.13.